The van der Waals surface area contributed by atoms with Gasteiger partial charge in [0, 0.05) is 36.1 Å². The number of furan rings is 1. The Morgan fingerprint density at radius 3 is 2.65 bits per heavy atom. The summed E-state index contributed by atoms with van der Waals surface area (Å²) in [7, 11) is 0. The molecule has 4 saturated carbocycles. The number of hydrogen-bond acceptors (Lipinski definition) is 5. The zero-order chi connectivity index (χ0) is 23.4. The van der Waals surface area contributed by atoms with Crippen molar-refractivity contribution in [3.05, 3.63) is 24.2 Å². The first-order chi connectivity index (χ1) is 16.4. The SMILES string of the molecule is C[C@]12CC(SCCN3CCOCC3)CCC1CC[C@@H]1[C@H]2CC[C@]2(C)C(c3ccoc3)CC[C@@]12O. The van der Waals surface area contributed by atoms with Gasteiger partial charge in [-0.15, -0.1) is 0 Å². The van der Waals surface area contributed by atoms with E-state index in [9.17, 15) is 5.11 Å². The molecule has 2 heterocycles. The van der Waals surface area contributed by atoms with Gasteiger partial charge >= 0.3 is 0 Å². The minimum atomic E-state index is -0.512. The lowest BCUT2D eigenvalue weighted by molar-refractivity contribution is -0.200. The first kappa shape index (κ1) is 23.9. The molecular formula is C29H45NO3S. The van der Waals surface area contributed by atoms with Crippen LogP contribution in [-0.2, 0) is 4.74 Å². The topological polar surface area (TPSA) is 45.8 Å². The Morgan fingerprint density at radius 2 is 1.85 bits per heavy atom. The van der Waals surface area contributed by atoms with Crippen LogP contribution >= 0.6 is 11.8 Å². The van der Waals surface area contributed by atoms with E-state index in [0.29, 0.717) is 23.2 Å². The van der Waals surface area contributed by atoms with E-state index < -0.39 is 5.60 Å². The predicted octanol–water partition coefficient (Wildman–Crippen LogP) is 5.95. The molecule has 5 heteroatoms. The van der Waals surface area contributed by atoms with Gasteiger partial charge in [0.1, 0.15) is 0 Å². The molecule has 0 spiro atoms. The zero-order valence-corrected chi connectivity index (χ0v) is 22.2. The van der Waals surface area contributed by atoms with Gasteiger partial charge in [-0.1, -0.05) is 13.8 Å². The number of thioether (sulfide) groups is 1. The number of ether oxygens (including phenoxy) is 1. The highest BCUT2D eigenvalue weighted by Crippen LogP contribution is 2.70. The number of fused-ring (bicyclic) bond motifs is 5. The third kappa shape index (κ3) is 3.74. The van der Waals surface area contributed by atoms with Gasteiger partial charge in [-0.25, -0.2) is 0 Å². The smallest absolute Gasteiger partial charge is 0.0937 e. The van der Waals surface area contributed by atoms with Crippen LogP contribution in [-0.4, -0.2) is 59.5 Å². The van der Waals surface area contributed by atoms with Crippen molar-refractivity contribution in [1.82, 2.24) is 4.90 Å². The highest BCUT2D eigenvalue weighted by molar-refractivity contribution is 7.99. The molecule has 4 aliphatic carbocycles. The van der Waals surface area contributed by atoms with Crippen molar-refractivity contribution in [3.8, 4) is 0 Å². The Hall–Kier alpha value is -0.490. The molecule has 0 amide bonds. The molecule has 190 valence electrons. The third-order valence-electron chi connectivity index (χ3n) is 11.6. The van der Waals surface area contributed by atoms with Gasteiger partial charge in [-0.3, -0.25) is 4.90 Å². The highest BCUT2D eigenvalue weighted by atomic mass is 32.2. The first-order valence-corrected chi connectivity index (χ1v) is 15.1. The van der Waals surface area contributed by atoms with E-state index in [-0.39, 0.29) is 5.41 Å². The summed E-state index contributed by atoms with van der Waals surface area (Å²) in [6.45, 7) is 10.3. The Labute approximate surface area is 210 Å². The van der Waals surface area contributed by atoms with Crippen LogP contribution in [0.1, 0.15) is 83.1 Å². The second kappa shape index (κ2) is 9.11. The number of nitrogens with zero attached hydrogens (tertiary/aromatic N) is 1. The average molecular weight is 488 g/mol. The molecule has 3 unspecified atom stereocenters. The maximum Gasteiger partial charge on any atom is 0.0937 e. The molecule has 1 N–H and O–H groups in total. The minimum absolute atomic E-state index is 0.0117. The molecule has 4 nitrogen and oxygen atoms in total. The van der Waals surface area contributed by atoms with E-state index in [2.05, 4.69) is 36.6 Å². The van der Waals surface area contributed by atoms with Gasteiger partial charge in [0.25, 0.3) is 0 Å². The van der Waals surface area contributed by atoms with Crippen molar-refractivity contribution in [2.24, 2.45) is 28.6 Å². The summed E-state index contributed by atoms with van der Waals surface area (Å²) < 4.78 is 11.0. The van der Waals surface area contributed by atoms with Crippen molar-refractivity contribution in [2.45, 2.75) is 88.4 Å². The molecular weight excluding hydrogens is 442 g/mol. The molecule has 34 heavy (non-hydrogen) atoms. The Morgan fingerprint density at radius 1 is 1.03 bits per heavy atom. The van der Waals surface area contributed by atoms with Crippen molar-refractivity contribution in [3.63, 3.8) is 0 Å². The highest BCUT2D eigenvalue weighted by Gasteiger charge is 2.67. The molecule has 1 saturated heterocycles. The normalized spacial score (nSPS) is 47.1. The zero-order valence-electron chi connectivity index (χ0n) is 21.3. The molecule has 1 aliphatic heterocycles. The first-order valence-electron chi connectivity index (χ1n) is 14.1. The average Bonchev–Trinajstić information content (AvgIpc) is 3.45. The molecule has 6 rings (SSSR count). The van der Waals surface area contributed by atoms with Crippen molar-refractivity contribution >= 4 is 11.8 Å². The lowest BCUT2D eigenvalue weighted by Crippen LogP contribution is -2.62. The fraction of sp³-hybridized carbons (Fsp3) is 0.862. The van der Waals surface area contributed by atoms with E-state index in [1.165, 1.54) is 56.4 Å². The summed E-state index contributed by atoms with van der Waals surface area (Å²) in [5, 5.41) is 13.2. The van der Waals surface area contributed by atoms with E-state index in [0.717, 1.165) is 56.7 Å². The molecule has 1 aromatic heterocycles. The maximum atomic E-state index is 12.4. The summed E-state index contributed by atoms with van der Waals surface area (Å²) in [5.74, 6) is 3.73. The molecule has 5 aliphatic rings. The fourth-order valence-electron chi connectivity index (χ4n) is 9.60. The standard InChI is InChI=1S/C29H45NO3S/c1-27-19-23(34-18-14-30-12-16-32-17-13-30)5-3-22(27)4-6-26-25(27)7-10-28(2)24(8-11-29(26,28)31)21-9-15-33-20-21/h9,15,20,22-26,31H,3-8,10-14,16-19H2,1-2H3/t22?,23?,24?,25-,26-,27+,28-,29-/m1/s1. The van der Waals surface area contributed by atoms with Gasteiger partial charge < -0.3 is 14.3 Å². The Balaban J connectivity index is 1.16. The quantitative estimate of drug-likeness (QED) is 0.556. The Kier molecular flexibility index (Phi) is 6.40. The molecule has 0 bridgehead atoms. The van der Waals surface area contributed by atoms with Gasteiger partial charge in [-0.2, -0.15) is 11.8 Å². The fourth-order valence-corrected chi connectivity index (χ4v) is 11.1. The molecule has 5 fully saturated rings. The van der Waals surface area contributed by atoms with Gasteiger partial charge in [-0.05, 0) is 98.5 Å². The number of hydrogen-bond donors (Lipinski definition) is 1. The van der Waals surface area contributed by atoms with Crippen LogP contribution in [0.3, 0.4) is 0 Å². The summed E-state index contributed by atoms with van der Waals surface area (Å²) in [4.78, 5) is 2.58. The van der Waals surface area contributed by atoms with Crippen LogP contribution in [0.15, 0.2) is 23.0 Å². The maximum absolute atomic E-state index is 12.4. The van der Waals surface area contributed by atoms with Gasteiger partial charge in [0.05, 0.1) is 31.3 Å². The molecule has 1 aromatic rings. The minimum Gasteiger partial charge on any atom is -0.472 e. The summed E-state index contributed by atoms with van der Waals surface area (Å²) in [6, 6.07) is 2.14. The van der Waals surface area contributed by atoms with Crippen LogP contribution in [0.2, 0.25) is 0 Å². The summed E-state index contributed by atoms with van der Waals surface area (Å²) >= 11 is 2.25. The number of morpholine rings is 1. The molecule has 0 aromatic carbocycles. The van der Waals surface area contributed by atoms with Crippen LogP contribution in [0.25, 0.3) is 0 Å². The second-order valence-corrected chi connectivity index (χ2v) is 14.2. The second-order valence-electron chi connectivity index (χ2n) is 12.7. The van der Waals surface area contributed by atoms with Crippen LogP contribution in [0.5, 0.6) is 0 Å². The number of rotatable bonds is 5. The monoisotopic (exact) mass is 487 g/mol. The van der Waals surface area contributed by atoms with E-state index in [1.54, 1.807) is 0 Å². The van der Waals surface area contributed by atoms with E-state index in [4.69, 9.17) is 9.15 Å². The lowest BCUT2D eigenvalue weighted by atomic mass is 9.43. The van der Waals surface area contributed by atoms with Crippen molar-refractivity contribution in [2.75, 3.05) is 38.6 Å². The van der Waals surface area contributed by atoms with Gasteiger partial charge in [0.2, 0.25) is 0 Å². The summed E-state index contributed by atoms with van der Waals surface area (Å²) in [6.07, 6.45) is 15.0. The van der Waals surface area contributed by atoms with Gasteiger partial charge in [0.15, 0.2) is 0 Å². The van der Waals surface area contributed by atoms with Crippen LogP contribution in [0.4, 0.5) is 0 Å². The summed E-state index contributed by atoms with van der Waals surface area (Å²) in [5.41, 5.74) is 1.19. The number of aliphatic hydroxyl groups is 1. The van der Waals surface area contributed by atoms with Crippen LogP contribution < -0.4 is 0 Å². The largest absolute Gasteiger partial charge is 0.472 e. The Bertz CT molecular complexity index is 840. The lowest BCUT2D eigenvalue weighted by Gasteiger charge is -2.64. The van der Waals surface area contributed by atoms with Crippen LogP contribution in [0, 0.1) is 28.6 Å². The predicted molar refractivity (Wildman–Crippen MR) is 138 cm³/mol. The van der Waals surface area contributed by atoms with Crippen molar-refractivity contribution < 1.29 is 14.3 Å². The van der Waals surface area contributed by atoms with E-state index >= 15 is 0 Å². The molecule has 0 radical (unpaired) electrons. The third-order valence-corrected chi connectivity index (χ3v) is 12.9. The van der Waals surface area contributed by atoms with E-state index in [1.807, 2.05) is 12.5 Å². The van der Waals surface area contributed by atoms with Crippen molar-refractivity contribution in [1.29, 1.82) is 0 Å². The molecule has 8 atom stereocenters.